The number of ether oxygens (including phenoxy) is 2. The monoisotopic (exact) mass is 300 g/mol. The molecular weight excluding hydrogens is 276 g/mol. The number of carboxylic acid groups (broad SMARTS) is 1. The van der Waals surface area contributed by atoms with Crippen molar-refractivity contribution in [2.75, 3.05) is 26.9 Å². The van der Waals surface area contributed by atoms with E-state index in [0.29, 0.717) is 18.9 Å². The van der Waals surface area contributed by atoms with Gasteiger partial charge in [-0.25, -0.2) is 9.59 Å². The number of aliphatic carboxylic acids is 1. The number of nitrogens with one attached hydrogen (secondary N) is 1. The zero-order valence-corrected chi connectivity index (χ0v) is 12.6. The molecule has 2 fully saturated rings. The Hall–Kier alpha value is -1.34. The molecule has 2 aliphatic rings. The van der Waals surface area contributed by atoms with Gasteiger partial charge >= 0.3 is 12.0 Å². The topological polar surface area (TPSA) is 88.1 Å². The van der Waals surface area contributed by atoms with E-state index in [2.05, 4.69) is 5.32 Å². The van der Waals surface area contributed by atoms with E-state index in [-0.39, 0.29) is 18.2 Å². The fourth-order valence-corrected chi connectivity index (χ4v) is 3.04. The van der Waals surface area contributed by atoms with E-state index in [1.807, 2.05) is 6.92 Å². The number of amides is 2. The van der Waals surface area contributed by atoms with Crippen LogP contribution in [0.1, 0.15) is 26.2 Å². The van der Waals surface area contributed by atoms with Crippen molar-refractivity contribution in [1.29, 1.82) is 0 Å². The number of rotatable bonds is 4. The molecule has 120 valence electrons. The molecule has 3 atom stereocenters. The summed E-state index contributed by atoms with van der Waals surface area (Å²) in [5, 5.41) is 12.2. The normalized spacial score (nSPS) is 28.4. The highest BCUT2D eigenvalue weighted by molar-refractivity contribution is 5.83. The summed E-state index contributed by atoms with van der Waals surface area (Å²) in [6.45, 7) is 3.73. The first-order valence-electron chi connectivity index (χ1n) is 7.43. The predicted octanol–water partition coefficient (Wildman–Crippen LogP) is 0.685. The van der Waals surface area contributed by atoms with Gasteiger partial charge in [0.05, 0.1) is 6.10 Å². The van der Waals surface area contributed by atoms with E-state index >= 15 is 0 Å². The Labute approximate surface area is 124 Å². The molecule has 2 amide bonds. The van der Waals surface area contributed by atoms with Crippen molar-refractivity contribution in [2.24, 2.45) is 5.92 Å². The summed E-state index contributed by atoms with van der Waals surface area (Å²) in [6.07, 6.45) is 1.97. The average molecular weight is 300 g/mol. The van der Waals surface area contributed by atoms with Gasteiger partial charge in [0.15, 0.2) is 0 Å². The highest BCUT2D eigenvalue weighted by Crippen LogP contribution is 2.22. The molecule has 0 aromatic heterocycles. The third-order valence-corrected chi connectivity index (χ3v) is 4.47. The van der Waals surface area contributed by atoms with Crippen molar-refractivity contribution >= 4 is 12.0 Å². The number of likely N-dealkylation sites (tertiary alicyclic amines) is 1. The molecule has 2 rings (SSSR count). The zero-order chi connectivity index (χ0) is 15.4. The second kappa shape index (κ2) is 7.09. The predicted molar refractivity (Wildman–Crippen MR) is 75.1 cm³/mol. The molecule has 2 heterocycles. The van der Waals surface area contributed by atoms with Crippen LogP contribution in [-0.4, -0.2) is 67.1 Å². The second-order valence-electron chi connectivity index (χ2n) is 5.79. The quantitative estimate of drug-likeness (QED) is 0.797. The smallest absolute Gasteiger partial charge is 0.326 e. The Morgan fingerprint density at radius 1 is 1.38 bits per heavy atom. The van der Waals surface area contributed by atoms with Crippen molar-refractivity contribution in [3.05, 3.63) is 0 Å². The lowest BCUT2D eigenvalue weighted by Crippen LogP contribution is -2.50. The van der Waals surface area contributed by atoms with Gasteiger partial charge in [0.25, 0.3) is 0 Å². The van der Waals surface area contributed by atoms with Gasteiger partial charge in [0.2, 0.25) is 0 Å². The van der Waals surface area contributed by atoms with Crippen molar-refractivity contribution in [3.63, 3.8) is 0 Å². The van der Waals surface area contributed by atoms with Gasteiger partial charge in [-0.2, -0.15) is 0 Å². The molecule has 0 saturated carbocycles. The number of hydrogen-bond donors (Lipinski definition) is 2. The Balaban J connectivity index is 1.93. The summed E-state index contributed by atoms with van der Waals surface area (Å²) in [5.74, 6) is -0.602. The van der Waals surface area contributed by atoms with E-state index in [9.17, 15) is 14.7 Å². The maximum Gasteiger partial charge on any atom is 0.326 e. The van der Waals surface area contributed by atoms with Crippen molar-refractivity contribution < 1.29 is 24.2 Å². The lowest BCUT2D eigenvalue weighted by molar-refractivity contribution is -0.141. The van der Waals surface area contributed by atoms with E-state index in [4.69, 9.17) is 9.47 Å². The third kappa shape index (κ3) is 3.85. The van der Waals surface area contributed by atoms with Crippen LogP contribution in [-0.2, 0) is 14.3 Å². The van der Waals surface area contributed by atoms with Crippen LogP contribution in [0.4, 0.5) is 4.79 Å². The lowest BCUT2D eigenvalue weighted by atomic mass is 9.93. The second-order valence-corrected chi connectivity index (χ2v) is 5.79. The average Bonchev–Trinajstić information content (AvgIpc) is 2.92. The number of methoxy groups -OCH3 is 1. The van der Waals surface area contributed by atoms with Gasteiger partial charge in [-0.3, -0.25) is 0 Å². The minimum Gasteiger partial charge on any atom is -0.480 e. The molecule has 2 saturated heterocycles. The van der Waals surface area contributed by atoms with Gasteiger partial charge in [0, 0.05) is 39.3 Å². The Kier molecular flexibility index (Phi) is 5.41. The molecule has 7 heteroatoms. The number of hydrogen-bond acceptors (Lipinski definition) is 4. The van der Waals surface area contributed by atoms with Crippen molar-refractivity contribution in [1.82, 2.24) is 10.2 Å². The number of nitrogens with zero attached hydrogens (tertiary/aromatic N) is 1. The molecule has 0 aromatic rings. The minimum absolute atomic E-state index is 0.0115. The number of carboxylic acids is 1. The fraction of sp³-hybridized carbons (Fsp3) is 0.857. The van der Waals surface area contributed by atoms with E-state index in [1.165, 1.54) is 12.0 Å². The third-order valence-electron chi connectivity index (χ3n) is 4.47. The summed E-state index contributed by atoms with van der Waals surface area (Å²) in [4.78, 5) is 25.0. The summed E-state index contributed by atoms with van der Waals surface area (Å²) < 4.78 is 10.5. The lowest BCUT2D eigenvalue weighted by Gasteiger charge is -2.30. The Morgan fingerprint density at radius 3 is 2.62 bits per heavy atom. The highest BCUT2D eigenvalue weighted by Gasteiger charge is 2.40. The fourth-order valence-electron chi connectivity index (χ4n) is 3.04. The van der Waals surface area contributed by atoms with E-state index in [1.54, 1.807) is 0 Å². The van der Waals surface area contributed by atoms with Crippen LogP contribution in [0, 0.1) is 5.92 Å². The van der Waals surface area contributed by atoms with Crippen LogP contribution in [0.2, 0.25) is 0 Å². The summed E-state index contributed by atoms with van der Waals surface area (Å²) >= 11 is 0. The molecular formula is C14H24N2O5. The van der Waals surface area contributed by atoms with Crippen LogP contribution in [0.15, 0.2) is 0 Å². The molecule has 0 radical (unpaired) electrons. The van der Waals surface area contributed by atoms with Gasteiger partial charge in [-0.1, -0.05) is 0 Å². The number of carbonyl (C=O) groups excluding carboxylic acids is 1. The van der Waals surface area contributed by atoms with Gasteiger partial charge in [0.1, 0.15) is 6.04 Å². The van der Waals surface area contributed by atoms with Gasteiger partial charge < -0.3 is 24.8 Å². The first kappa shape index (κ1) is 16.0. The van der Waals surface area contributed by atoms with Crippen molar-refractivity contribution in [2.45, 2.75) is 44.4 Å². The van der Waals surface area contributed by atoms with E-state index < -0.39 is 12.0 Å². The molecule has 21 heavy (non-hydrogen) atoms. The molecule has 2 aliphatic heterocycles. The zero-order valence-electron chi connectivity index (χ0n) is 12.6. The maximum atomic E-state index is 12.3. The standard InChI is InChI=1S/C14H24N2O5/c1-9(10-3-5-21-6-4-10)15-14(19)16-8-11(20-2)7-12(16)13(17)18/h9-12H,3-8H2,1-2H3,(H,15,19)(H,17,18). The molecule has 0 bridgehead atoms. The van der Waals surface area contributed by atoms with E-state index in [0.717, 1.165) is 26.1 Å². The minimum atomic E-state index is -0.983. The Morgan fingerprint density at radius 2 is 2.05 bits per heavy atom. The maximum absolute atomic E-state index is 12.3. The largest absolute Gasteiger partial charge is 0.480 e. The Bertz CT molecular complexity index is 384. The van der Waals surface area contributed by atoms with Gasteiger partial charge in [-0.15, -0.1) is 0 Å². The molecule has 2 N–H and O–H groups in total. The molecule has 7 nitrogen and oxygen atoms in total. The SMILES string of the molecule is COC1CC(C(=O)O)N(C(=O)NC(C)C2CCOCC2)C1. The molecule has 0 spiro atoms. The number of carbonyl (C=O) groups is 2. The van der Waals surface area contributed by atoms with Crippen LogP contribution in [0.3, 0.4) is 0 Å². The summed E-state index contributed by atoms with van der Waals surface area (Å²) in [7, 11) is 1.54. The van der Waals surface area contributed by atoms with Crippen LogP contribution in [0.5, 0.6) is 0 Å². The van der Waals surface area contributed by atoms with Gasteiger partial charge in [-0.05, 0) is 25.7 Å². The van der Waals surface area contributed by atoms with Crippen molar-refractivity contribution in [3.8, 4) is 0 Å². The first-order valence-corrected chi connectivity index (χ1v) is 7.43. The molecule has 0 aromatic carbocycles. The summed E-state index contributed by atoms with van der Waals surface area (Å²) in [5.41, 5.74) is 0. The van der Waals surface area contributed by atoms with Crippen LogP contribution < -0.4 is 5.32 Å². The molecule has 3 unspecified atom stereocenters. The summed E-state index contributed by atoms with van der Waals surface area (Å²) in [6, 6.07) is -1.12. The number of urea groups is 1. The first-order chi connectivity index (χ1) is 10.0. The highest BCUT2D eigenvalue weighted by atomic mass is 16.5. The van der Waals surface area contributed by atoms with Crippen LogP contribution >= 0.6 is 0 Å². The molecule has 0 aliphatic carbocycles. The van der Waals surface area contributed by atoms with Crippen LogP contribution in [0.25, 0.3) is 0 Å².